The molecule has 2 aromatic carbocycles. The average Bonchev–Trinajstić information content (AvgIpc) is 2.96. The van der Waals surface area contributed by atoms with Gasteiger partial charge in [0.05, 0.1) is 7.11 Å². The lowest BCUT2D eigenvalue weighted by molar-refractivity contribution is -0.127. The number of methoxy groups -OCH3 is 1. The van der Waals surface area contributed by atoms with E-state index in [1.807, 2.05) is 30.3 Å². The number of hydrogen-bond donors (Lipinski definition) is 1. The van der Waals surface area contributed by atoms with E-state index >= 15 is 0 Å². The predicted octanol–water partition coefficient (Wildman–Crippen LogP) is 2.97. The summed E-state index contributed by atoms with van der Waals surface area (Å²) in [6, 6.07) is 13.0. The molecule has 1 atom stereocenters. The van der Waals surface area contributed by atoms with Gasteiger partial charge in [-0.2, -0.15) is 0 Å². The Morgan fingerprint density at radius 3 is 2.82 bits per heavy atom. The van der Waals surface area contributed by atoms with Gasteiger partial charge in [0, 0.05) is 18.0 Å². The second kappa shape index (κ2) is 6.28. The van der Waals surface area contributed by atoms with Crippen LogP contribution < -0.4 is 14.8 Å². The molecule has 0 saturated heterocycles. The zero-order valence-corrected chi connectivity index (χ0v) is 12.9. The first-order valence-corrected chi connectivity index (χ1v) is 7.39. The fourth-order valence-corrected chi connectivity index (χ4v) is 2.60. The first-order chi connectivity index (χ1) is 10.7. The first-order valence-electron chi connectivity index (χ1n) is 7.01. The number of ether oxygens (including phenoxy) is 2. The lowest BCUT2D eigenvalue weighted by Gasteiger charge is -2.11. The monoisotopic (exact) mass is 317 g/mol. The van der Waals surface area contributed by atoms with Gasteiger partial charge in [0.2, 0.25) is 0 Å². The summed E-state index contributed by atoms with van der Waals surface area (Å²) in [5.74, 6) is 1.40. The third-order valence-corrected chi connectivity index (χ3v) is 3.85. The summed E-state index contributed by atoms with van der Waals surface area (Å²) >= 11 is 5.95. The topological polar surface area (TPSA) is 47.6 Å². The van der Waals surface area contributed by atoms with Gasteiger partial charge in [0.1, 0.15) is 11.5 Å². The number of hydrogen-bond acceptors (Lipinski definition) is 3. The molecule has 2 aromatic rings. The molecule has 1 heterocycles. The molecule has 5 heteroatoms. The zero-order chi connectivity index (χ0) is 15.5. The second-order valence-electron chi connectivity index (χ2n) is 5.13. The van der Waals surface area contributed by atoms with Crippen molar-refractivity contribution in [2.75, 3.05) is 7.11 Å². The highest BCUT2D eigenvalue weighted by molar-refractivity contribution is 6.30. The van der Waals surface area contributed by atoms with E-state index < -0.39 is 6.10 Å². The van der Waals surface area contributed by atoms with Crippen LogP contribution in [0.15, 0.2) is 42.5 Å². The summed E-state index contributed by atoms with van der Waals surface area (Å²) in [4.78, 5) is 12.2. The second-order valence-corrected chi connectivity index (χ2v) is 5.56. The molecule has 0 saturated carbocycles. The highest BCUT2D eigenvalue weighted by atomic mass is 35.5. The van der Waals surface area contributed by atoms with E-state index in [-0.39, 0.29) is 5.91 Å². The van der Waals surface area contributed by atoms with Crippen molar-refractivity contribution in [3.63, 3.8) is 0 Å². The fourth-order valence-electron chi connectivity index (χ4n) is 2.41. The van der Waals surface area contributed by atoms with E-state index in [4.69, 9.17) is 21.1 Å². The molecule has 0 unspecified atom stereocenters. The van der Waals surface area contributed by atoms with Crippen LogP contribution >= 0.6 is 11.6 Å². The highest BCUT2D eigenvalue weighted by Crippen LogP contribution is 2.31. The molecular weight excluding hydrogens is 302 g/mol. The maximum absolute atomic E-state index is 12.2. The minimum atomic E-state index is -0.494. The standard InChI is InChI=1S/C17H16ClNO3/c1-21-14-5-2-11(3-6-14)10-19-17(20)16-9-12-8-13(18)4-7-15(12)22-16/h2-8,16H,9-10H2,1H3,(H,19,20)/t16-/m0/s1. The van der Waals surface area contributed by atoms with E-state index in [9.17, 15) is 4.79 Å². The molecule has 1 aliphatic rings. The lowest BCUT2D eigenvalue weighted by atomic mass is 10.1. The Labute approximate surface area is 134 Å². The Kier molecular flexibility index (Phi) is 4.20. The van der Waals surface area contributed by atoms with Gasteiger partial charge in [0.25, 0.3) is 5.91 Å². The minimum absolute atomic E-state index is 0.122. The molecule has 0 bridgehead atoms. The Hall–Kier alpha value is -2.20. The summed E-state index contributed by atoms with van der Waals surface area (Å²) in [5, 5.41) is 3.54. The van der Waals surface area contributed by atoms with E-state index in [0.717, 1.165) is 22.6 Å². The lowest BCUT2D eigenvalue weighted by Crippen LogP contribution is -2.36. The third kappa shape index (κ3) is 3.17. The van der Waals surface area contributed by atoms with Crippen molar-refractivity contribution in [3.8, 4) is 11.5 Å². The van der Waals surface area contributed by atoms with E-state index in [2.05, 4.69) is 5.32 Å². The van der Waals surface area contributed by atoms with Crippen molar-refractivity contribution in [2.45, 2.75) is 19.1 Å². The number of benzene rings is 2. The van der Waals surface area contributed by atoms with Crippen LogP contribution in [0.5, 0.6) is 11.5 Å². The zero-order valence-electron chi connectivity index (χ0n) is 12.1. The van der Waals surface area contributed by atoms with E-state index in [1.165, 1.54) is 0 Å². The van der Waals surface area contributed by atoms with Crippen LogP contribution in [-0.2, 0) is 17.8 Å². The van der Waals surface area contributed by atoms with Crippen molar-refractivity contribution in [1.29, 1.82) is 0 Å². The molecule has 1 amide bonds. The summed E-state index contributed by atoms with van der Waals surface area (Å²) < 4.78 is 10.8. The van der Waals surface area contributed by atoms with Crippen LogP contribution in [0.25, 0.3) is 0 Å². The summed E-state index contributed by atoms with van der Waals surface area (Å²) in [6.45, 7) is 0.458. The molecule has 0 fully saturated rings. The third-order valence-electron chi connectivity index (χ3n) is 3.62. The van der Waals surface area contributed by atoms with Gasteiger partial charge in [-0.1, -0.05) is 23.7 Å². The molecular formula is C17H16ClNO3. The van der Waals surface area contributed by atoms with Crippen LogP contribution in [0.1, 0.15) is 11.1 Å². The smallest absolute Gasteiger partial charge is 0.261 e. The molecule has 3 rings (SSSR count). The number of amides is 1. The van der Waals surface area contributed by atoms with Crippen LogP contribution in [0.2, 0.25) is 5.02 Å². The van der Waals surface area contributed by atoms with Gasteiger partial charge >= 0.3 is 0 Å². The quantitative estimate of drug-likeness (QED) is 0.943. The van der Waals surface area contributed by atoms with Gasteiger partial charge in [0.15, 0.2) is 6.10 Å². The number of carbonyl (C=O) groups is 1. The van der Waals surface area contributed by atoms with Crippen LogP contribution in [0.4, 0.5) is 0 Å². The van der Waals surface area contributed by atoms with Gasteiger partial charge in [-0.25, -0.2) is 0 Å². The molecule has 114 valence electrons. The Morgan fingerprint density at radius 2 is 2.09 bits per heavy atom. The van der Waals surface area contributed by atoms with Gasteiger partial charge < -0.3 is 14.8 Å². The van der Waals surface area contributed by atoms with Crippen molar-refractivity contribution in [1.82, 2.24) is 5.32 Å². The molecule has 0 spiro atoms. The average molecular weight is 318 g/mol. The van der Waals surface area contributed by atoms with E-state index in [1.54, 1.807) is 19.2 Å². The van der Waals surface area contributed by atoms with E-state index in [0.29, 0.717) is 18.0 Å². The predicted molar refractivity (Wildman–Crippen MR) is 84.4 cm³/mol. The Bertz CT molecular complexity index is 685. The summed E-state index contributed by atoms with van der Waals surface area (Å²) in [6.07, 6.45) is 0.0522. The first kappa shape index (κ1) is 14.7. The molecule has 4 nitrogen and oxygen atoms in total. The molecule has 22 heavy (non-hydrogen) atoms. The molecule has 0 aliphatic carbocycles. The molecule has 0 radical (unpaired) electrons. The van der Waals surface area contributed by atoms with Crippen molar-refractivity contribution in [2.24, 2.45) is 0 Å². The molecule has 0 aromatic heterocycles. The fraction of sp³-hybridized carbons (Fsp3) is 0.235. The van der Waals surface area contributed by atoms with Crippen molar-refractivity contribution < 1.29 is 14.3 Å². The summed E-state index contributed by atoms with van der Waals surface area (Å²) in [7, 11) is 1.62. The normalized spacial score (nSPS) is 15.8. The van der Waals surface area contributed by atoms with Gasteiger partial charge in [-0.15, -0.1) is 0 Å². The number of halogens is 1. The van der Waals surface area contributed by atoms with Crippen LogP contribution in [-0.4, -0.2) is 19.1 Å². The number of rotatable bonds is 4. The summed E-state index contributed by atoms with van der Waals surface area (Å²) in [5.41, 5.74) is 1.98. The highest BCUT2D eigenvalue weighted by Gasteiger charge is 2.28. The molecule has 1 aliphatic heterocycles. The Balaban J connectivity index is 1.57. The minimum Gasteiger partial charge on any atom is -0.497 e. The SMILES string of the molecule is COc1ccc(CNC(=O)[C@@H]2Cc3cc(Cl)ccc3O2)cc1. The van der Waals surface area contributed by atoms with Crippen LogP contribution in [0, 0.1) is 0 Å². The largest absolute Gasteiger partial charge is 0.497 e. The van der Waals surface area contributed by atoms with Crippen molar-refractivity contribution >= 4 is 17.5 Å². The number of carbonyl (C=O) groups excluding carboxylic acids is 1. The Morgan fingerprint density at radius 1 is 1.32 bits per heavy atom. The van der Waals surface area contributed by atoms with Gasteiger partial charge in [-0.05, 0) is 41.5 Å². The molecule has 1 N–H and O–H groups in total. The number of fused-ring (bicyclic) bond motifs is 1. The van der Waals surface area contributed by atoms with Gasteiger partial charge in [-0.3, -0.25) is 4.79 Å². The number of nitrogens with one attached hydrogen (secondary N) is 1. The maximum Gasteiger partial charge on any atom is 0.261 e. The van der Waals surface area contributed by atoms with Crippen molar-refractivity contribution in [3.05, 3.63) is 58.6 Å². The van der Waals surface area contributed by atoms with Crippen LogP contribution in [0.3, 0.4) is 0 Å². The maximum atomic E-state index is 12.2.